The number of amides is 1. The van der Waals surface area contributed by atoms with Crippen LogP contribution in [0.5, 0.6) is 0 Å². The molecule has 0 aromatic heterocycles. The Morgan fingerprint density at radius 2 is 2.00 bits per heavy atom. The Labute approximate surface area is 90.1 Å². The molecule has 1 aliphatic carbocycles. The second-order valence-electron chi connectivity index (χ2n) is 4.62. The van der Waals surface area contributed by atoms with E-state index >= 15 is 0 Å². The van der Waals surface area contributed by atoms with Crippen molar-refractivity contribution in [2.24, 2.45) is 5.41 Å². The molecule has 3 heteroatoms. The first-order valence-corrected chi connectivity index (χ1v) is 5.56. The molecule has 0 aromatic carbocycles. The van der Waals surface area contributed by atoms with E-state index in [4.69, 9.17) is 0 Å². The van der Waals surface area contributed by atoms with Gasteiger partial charge in [0.2, 0.25) is 5.91 Å². The number of carbonyl (C=O) groups is 2. The lowest BCUT2D eigenvalue weighted by Gasteiger charge is -2.42. The minimum Gasteiger partial charge on any atom is -0.344 e. The molecular formula is C12H17NO2. The van der Waals surface area contributed by atoms with Gasteiger partial charge in [0.25, 0.3) is 0 Å². The predicted octanol–water partition coefficient (Wildman–Crippen LogP) is 1.53. The molecule has 1 saturated heterocycles. The molecule has 82 valence electrons. The van der Waals surface area contributed by atoms with Crippen LogP contribution in [0.4, 0.5) is 0 Å². The maximum absolute atomic E-state index is 12.2. The highest BCUT2D eigenvalue weighted by molar-refractivity contribution is 6.09. The fourth-order valence-corrected chi connectivity index (χ4v) is 2.72. The molecule has 0 N–H and O–H groups in total. The van der Waals surface area contributed by atoms with Crippen LogP contribution in [-0.2, 0) is 9.59 Å². The van der Waals surface area contributed by atoms with Gasteiger partial charge in [0, 0.05) is 20.0 Å². The van der Waals surface area contributed by atoms with Crippen LogP contribution in [0.1, 0.15) is 32.1 Å². The number of piperidine rings is 1. The highest BCUT2D eigenvalue weighted by Gasteiger charge is 2.51. The van der Waals surface area contributed by atoms with Crippen LogP contribution < -0.4 is 0 Å². The molecule has 1 aliphatic heterocycles. The van der Waals surface area contributed by atoms with Gasteiger partial charge in [0.05, 0.1) is 0 Å². The molecule has 1 atom stereocenters. The Hall–Kier alpha value is -1.12. The van der Waals surface area contributed by atoms with Gasteiger partial charge in [0.1, 0.15) is 5.41 Å². The maximum Gasteiger partial charge on any atom is 0.240 e. The van der Waals surface area contributed by atoms with Crippen LogP contribution in [0.2, 0.25) is 0 Å². The second kappa shape index (κ2) is 3.47. The number of carbonyl (C=O) groups excluding carboxylic acids is 2. The van der Waals surface area contributed by atoms with Gasteiger partial charge in [-0.25, -0.2) is 0 Å². The topological polar surface area (TPSA) is 37.4 Å². The Morgan fingerprint density at radius 1 is 1.27 bits per heavy atom. The summed E-state index contributed by atoms with van der Waals surface area (Å²) in [6.45, 7) is 4.66. The smallest absolute Gasteiger partial charge is 0.240 e. The summed E-state index contributed by atoms with van der Waals surface area (Å²) < 4.78 is 0. The maximum atomic E-state index is 12.2. The Morgan fingerprint density at radius 3 is 2.67 bits per heavy atom. The van der Waals surface area contributed by atoms with E-state index in [1.54, 1.807) is 11.9 Å². The van der Waals surface area contributed by atoms with Crippen LogP contribution in [0.25, 0.3) is 0 Å². The molecule has 1 unspecified atom stereocenters. The Bertz CT molecular complexity index is 325. The van der Waals surface area contributed by atoms with Gasteiger partial charge in [-0.15, -0.1) is 0 Å². The van der Waals surface area contributed by atoms with E-state index in [-0.39, 0.29) is 11.7 Å². The summed E-state index contributed by atoms with van der Waals surface area (Å²) >= 11 is 0. The Kier molecular flexibility index (Phi) is 2.41. The zero-order valence-electron chi connectivity index (χ0n) is 9.21. The largest absolute Gasteiger partial charge is 0.344 e. The van der Waals surface area contributed by atoms with E-state index in [2.05, 4.69) is 6.58 Å². The van der Waals surface area contributed by atoms with Crippen LogP contribution in [0, 0.1) is 5.41 Å². The second-order valence-corrected chi connectivity index (χ2v) is 4.62. The molecule has 2 fully saturated rings. The molecule has 2 rings (SSSR count). The van der Waals surface area contributed by atoms with E-state index < -0.39 is 5.41 Å². The predicted molar refractivity (Wildman–Crippen MR) is 57.3 cm³/mol. The number of nitrogens with zero attached hydrogens (tertiary/aromatic N) is 1. The van der Waals surface area contributed by atoms with Crippen LogP contribution in [-0.4, -0.2) is 30.2 Å². The number of hydrogen-bond acceptors (Lipinski definition) is 2. The SMILES string of the molecule is C=C1CCN(C)C(=O)C12CCCCC2=O. The molecule has 1 spiro atoms. The lowest BCUT2D eigenvalue weighted by Crippen LogP contribution is -2.53. The first-order valence-electron chi connectivity index (χ1n) is 5.56. The zero-order chi connectivity index (χ0) is 11.1. The summed E-state index contributed by atoms with van der Waals surface area (Å²) in [5.41, 5.74) is 0.000856. The average Bonchev–Trinajstić information content (AvgIpc) is 2.23. The molecule has 1 amide bonds. The molecule has 3 nitrogen and oxygen atoms in total. The van der Waals surface area contributed by atoms with Crippen molar-refractivity contribution in [1.82, 2.24) is 4.90 Å². The van der Waals surface area contributed by atoms with Crippen molar-refractivity contribution >= 4 is 11.7 Å². The molecule has 0 radical (unpaired) electrons. The van der Waals surface area contributed by atoms with Gasteiger partial charge in [-0.3, -0.25) is 9.59 Å². The van der Waals surface area contributed by atoms with Gasteiger partial charge >= 0.3 is 0 Å². The molecule has 0 bridgehead atoms. The molecule has 1 heterocycles. The summed E-state index contributed by atoms with van der Waals surface area (Å²) in [6.07, 6.45) is 3.87. The van der Waals surface area contributed by atoms with Crippen molar-refractivity contribution in [1.29, 1.82) is 0 Å². The quantitative estimate of drug-likeness (QED) is 0.446. The highest BCUT2D eigenvalue weighted by Crippen LogP contribution is 2.44. The van der Waals surface area contributed by atoms with Crippen molar-refractivity contribution in [2.45, 2.75) is 32.1 Å². The first-order chi connectivity index (χ1) is 7.09. The summed E-state index contributed by atoms with van der Waals surface area (Å²) in [5, 5.41) is 0. The number of ketones is 1. The van der Waals surface area contributed by atoms with E-state index in [1.165, 1.54) is 0 Å². The van der Waals surface area contributed by atoms with Gasteiger partial charge in [-0.2, -0.15) is 0 Å². The van der Waals surface area contributed by atoms with Crippen molar-refractivity contribution in [2.75, 3.05) is 13.6 Å². The molecule has 15 heavy (non-hydrogen) atoms. The van der Waals surface area contributed by atoms with E-state index in [0.29, 0.717) is 19.4 Å². The van der Waals surface area contributed by atoms with Gasteiger partial charge in [0.15, 0.2) is 5.78 Å². The minimum absolute atomic E-state index is 0.0246. The zero-order valence-corrected chi connectivity index (χ0v) is 9.21. The third-order valence-corrected chi connectivity index (χ3v) is 3.75. The molecule has 1 saturated carbocycles. The van der Waals surface area contributed by atoms with Gasteiger partial charge < -0.3 is 4.90 Å². The number of likely N-dealkylation sites (tertiary alicyclic amines) is 1. The van der Waals surface area contributed by atoms with Crippen molar-refractivity contribution in [3.63, 3.8) is 0 Å². The standard InChI is InChI=1S/C12H17NO2/c1-9-6-8-13(2)11(15)12(9)7-4-3-5-10(12)14/h1,3-8H2,2H3. The van der Waals surface area contributed by atoms with E-state index in [9.17, 15) is 9.59 Å². The van der Waals surface area contributed by atoms with Crippen molar-refractivity contribution in [3.05, 3.63) is 12.2 Å². The summed E-state index contributed by atoms with van der Waals surface area (Å²) in [6, 6.07) is 0. The monoisotopic (exact) mass is 207 g/mol. The van der Waals surface area contributed by atoms with E-state index in [1.807, 2.05) is 0 Å². The normalized spacial score (nSPS) is 32.6. The summed E-state index contributed by atoms with van der Waals surface area (Å²) in [4.78, 5) is 25.9. The number of Topliss-reactive ketones (excluding diaryl/α,β-unsaturated/α-hetero) is 1. The third kappa shape index (κ3) is 1.33. The van der Waals surface area contributed by atoms with Crippen LogP contribution in [0.3, 0.4) is 0 Å². The summed E-state index contributed by atoms with van der Waals surface area (Å²) in [7, 11) is 1.78. The number of rotatable bonds is 0. The van der Waals surface area contributed by atoms with Crippen LogP contribution in [0.15, 0.2) is 12.2 Å². The summed E-state index contributed by atoms with van der Waals surface area (Å²) in [5.74, 6) is 0.0683. The lowest BCUT2D eigenvalue weighted by molar-refractivity contribution is -0.150. The molecule has 0 aromatic rings. The average molecular weight is 207 g/mol. The van der Waals surface area contributed by atoms with Crippen molar-refractivity contribution in [3.8, 4) is 0 Å². The molecule has 2 aliphatic rings. The molecular weight excluding hydrogens is 190 g/mol. The fraction of sp³-hybridized carbons (Fsp3) is 0.667. The van der Waals surface area contributed by atoms with Gasteiger partial charge in [-0.1, -0.05) is 18.6 Å². The highest BCUT2D eigenvalue weighted by atomic mass is 16.2. The fourth-order valence-electron chi connectivity index (χ4n) is 2.72. The minimum atomic E-state index is -0.842. The first kappa shape index (κ1) is 10.4. The van der Waals surface area contributed by atoms with Crippen molar-refractivity contribution < 1.29 is 9.59 Å². The van der Waals surface area contributed by atoms with Crippen LogP contribution >= 0.6 is 0 Å². The Balaban J connectivity index is 2.40. The lowest BCUT2D eigenvalue weighted by atomic mass is 9.65. The van der Waals surface area contributed by atoms with Gasteiger partial charge in [-0.05, 0) is 19.3 Å². The third-order valence-electron chi connectivity index (χ3n) is 3.75. The number of hydrogen-bond donors (Lipinski definition) is 0. The van der Waals surface area contributed by atoms with E-state index in [0.717, 1.165) is 24.8 Å².